The Morgan fingerprint density at radius 1 is 1.11 bits per heavy atom. The van der Waals surface area contributed by atoms with Gasteiger partial charge in [0.2, 0.25) is 0 Å². The number of hydrogen-bond donors (Lipinski definition) is 2. The number of nitrogens with zero attached hydrogens (tertiary/aromatic N) is 1. The summed E-state index contributed by atoms with van der Waals surface area (Å²) in [4.78, 5) is 19.2. The van der Waals surface area contributed by atoms with E-state index in [4.69, 9.17) is 0 Å². The van der Waals surface area contributed by atoms with Crippen LogP contribution in [0.4, 0.5) is 4.39 Å². The number of carboxylic acid groups (broad SMARTS) is 1. The molecular weight excluding hydrogens is 343 g/mol. The van der Waals surface area contributed by atoms with E-state index in [2.05, 4.69) is 9.97 Å². The van der Waals surface area contributed by atoms with Gasteiger partial charge in [-0.2, -0.15) is 0 Å². The van der Waals surface area contributed by atoms with Crippen molar-refractivity contribution < 1.29 is 14.3 Å². The van der Waals surface area contributed by atoms with E-state index in [1.165, 1.54) is 50.7 Å². The minimum atomic E-state index is -1.000. The lowest BCUT2D eigenvalue weighted by Gasteiger charge is -2.57. The Kier molecular flexibility index (Phi) is 3.88. The van der Waals surface area contributed by atoms with E-state index < -0.39 is 5.97 Å². The minimum absolute atomic E-state index is 0.110. The van der Waals surface area contributed by atoms with Crippen molar-refractivity contribution in [3.8, 4) is 11.4 Å². The first-order chi connectivity index (χ1) is 13.0. The number of nitrogens with one attached hydrogen (secondary N) is 1. The molecule has 27 heavy (non-hydrogen) atoms. The molecule has 2 aromatic rings. The number of hydrogen-bond acceptors (Lipinski definition) is 2. The predicted molar refractivity (Wildman–Crippen MR) is 99.9 cm³/mol. The Bertz CT molecular complexity index is 836. The Balaban J connectivity index is 1.38. The number of aryl methyl sites for hydroxylation is 1. The summed E-state index contributed by atoms with van der Waals surface area (Å²) in [5.74, 6) is 1.88. The smallest absolute Gasteiger partial charge is 0.356 e. The van der Waals surface area contributed by atoms with Gasteiger partial charge >= 0.3 is 5.97 Å². The molecule has 0 amide bonds. The van der Waals surface area contributed by atoms with Gasteiger partial charge in [0.1, 0.15) is 11.6 Å². The molecule has 4 aliphatic rings. The van der Waals surface area contributed by atoms with E-state index >= 15 is 0 Å². The second-order valence-electron chi connectivity index (χ2n) is 9.14. The highest BCUT2D eigenvalue weighted by Gasteiger charge is 2.50. The SMILES string of the molecule is O=C(O)c1nc(-c2ccc(F)cc2)[nH]c1CCC12CC3CC(CC(C3)C1)C2. The summed E-state index contributed by atoms with van der Waals surface area (Å²) in [6.45, 7) is 0. The third kappa shape index (κ3) is 3.07. The zero-order chi connectivity index (χ0) is 18.6. The summed E-state index contributed by atoms with van der Waals surface area (Å²) in [7, 11) is 0. The van der Waals surface area contributed by atoms with E-state index in [1.54, 1.807) is 12.1 Å². The number of rotatable bonds is 5. The standard InChI is InChI=1S/C22H25FN2O2/c23-17-3-1-16(2-4-17)20-24-18(19(25-20)21(26)27)5-6-22-10-13-7-14(11-22)9-15(8-13)12-22/h1-4,13-15H,5-12H2,(H,24,25)(H,26,27). The van der Waals surface area contributed by atoms with E-state index in [0.717, 1.165) is 30.6 Å². The summed E-state index contributed by atoms with van der Waals surface area (Å²) < 4.78 is 13.2. The average Bonchev–Trinajstić information content (AvgIpc) is 3.04. The molecule has 0 aliphatic heterocycles. The van der Waals surface area contributed by atoms with Gasteiger partial charge in [-0.3, -0.25) is 0 Å². The molecule has 2 N–H and O–H groups in total. The first-order valence-corrected chi connectivity index (χ1v) is 10.1. The van der Waals surface area contributed by atoms with Gasteiger partial charge in [0.15, 0.2) is 5.69 Å². The second-order valence-corrected chi connectivity index (χ2v) is 9.14. The van der Waals surface area contributed by atoms with Crippen molar-refractivity contribution in [2.24, 2.45) is 23.2 Å². The Morgan fingerprint density at radius 3 is 2.26 bits per heavy atom. The van der Waals surface area contributed by atoms with Gasteiger partial charge in [-0.1, -0.05) is 0 Å². The van der Waals surface area contributed by atoms with Crippen LogP contribution in [0.5, 0.6) is 0 Å². The van der Waals surface area contributed by atoms with Gasteiger partial charge in [-0.25, -0.2) is 14.2 Å². The van der Waals surface area contributed by atoms with Crippen LogP contribution < -0.4 is 0 Å². The molecule has 4 nitrogen and oxygen atoms in total. The quantitative estimate of drug-likeness (QED) is 0.775. The summed E-state index contributed by atoms with van der Waals surface area (Å²) in [6, 6.07) is 5.99. The maximum absolute atomic E-state index is 13.2. The topological polar surface area (TPSA) is 66.0 Å². The largest absolute Gasteiger partial charge is 0.476 e. The van der Waals surface area contributed by atoms with Crippen molar-refractivity contribution in [3.05, 3.63) is 41.5 Å². The van der Waals surface area contributed by atoms with Gasteiger partial charge in [0.25, 0.3) is 0 Å². The number of halogens is 1. The molecule has 4 aliphatic carbocycles. The normalized spacial score (nSPS) is 31.4. The third-order valence-corrected chi connectivity index (χ3v) is 7.17. The van der Waals surface area contributed by atoms with E-state index in [-0.39, 0.29) is 11.5 Å². The maximum atomic E-state index is 13.2. The Labute approximate surface area is 158 Å². The zero-order valence-electron chi connectivity index (χ0n) is 15.4. The van der Waals surface area contributed by atoms with Gasteiger partial charge < -0.3 is 10.1 Å². The molecule has 0 atom stereocenters. The molecule has 0 spiro atoms. The summed E-state index contributed by atoms with van der Waals surface area (Å²) in [5.41, 5.74) is 1.93. The number of carboxylic acids is 1. The minimum Gasteiger partial charge on any atom is -0.476 e. The molecule has 1 aromatic heterocycles. The van der Waals surface area contributed by atoms with Crippen LogP contribution in [-0.2, 0) is 6.42 Å². The van der Waals surface area contributed by atoms with Gasteiger partial charge in [0.05, 0.1) is 0 Å². The summed E-state index contributed by atoms with van der Waals surface area (Å²) >= 11 is 0. The molecule has 5 heteroatoms. The molecule has 4 fully saturated rings. The summed E-state index contributed by atoms with van der Waals surface area (Å²) in [5, 5.41) is 9.59. The lowest BCUT2D eigenvalue weighted by molar-refractivity contribution is -0.0571. The monoisotopic (exact) mass is 368 g/mol. The van der Waals surface area contributed by atoms with Crippen molar-refractivity contribution >= 4 is 5.97 Å². The molecule has 1 aromatic carbocycles. The highest BCUT2D eigenvalue weighted by molar-refractivity contribution is 5.87. The lowest BCUT2D eigenvalue weighted by atomic mass is 9.48. The molecule has 1 heterocycles. The number of aromatic carboxylic acids is 1. The van der Waals surface area contributed by atoms with Gasteiger partial charge in [-0.15, -0.1) is 0 Å². The van der Waals surface area contributed by atoms with Crippen LogP contribution in [0, 0.1) is 29.0 Å². The van der Waals surface area contributed by atoms with Crippen molar-refractivity contribution in [3.63, 3.8) is 0 Å². The van der Waals surface area contributed by atoms with Crippen LogP contribution in [0.15, 0.2) is 24.3 Å². The van der Waals surface area contributed by atoms with E-state index in [0.29, 0.717) is 22.5 Å². The number of aromatic amines is 1. The second kappa shape index (κ2) is 6.18. The highest BCUT2D eigenvalue weighted by Crippen LogP contribution is 2.61. The van der Waals surface area contributed by atoms with E-state index in [9.17, 15) is 14.3 Å². The number of carbonyl (C=O) groups is 1. The van der Waals surface area contributed by atoms with Crippen LogP contribution in [0.25, 0.3) is 11.4 Å². The fraction of sp³-hybridized carbons (Fsp3) is 0.545. The van der Waals surface area contributed by atoms with Crippen molar-refractivity contribution in [1.29, 1.82) is 0 Å². The van der Waals surface area contributed by atoms with Crippen LogP contribution >= 0.6 is 0 Å². The number of aromatic nitrogens is 2. The summed E-state index contributed by atoms with van der Waals surface area (Å²) in [6.07, 6.45) is 9.97. The van der Waals surface area contributed by atoms with Gasteiger partial charge in [0, 0.05) is 11.3 Å². The number of imidazole rings is 1. The Morgan fingerprint density at radius 2 is 1.70 bits per heavy atom. The molecule has 142 valence electrons. The van der Waals surface area contributed by atoms with Crippen molar-refractivity contribution in [2.45, 2.75) is 51.4 Å². The predicted octanol–water partition coefficient (Wildman–Crippen LogP) is 5.06. The van der Waals surface area contributed by atoms with Crippen LogP contribution in [-0.4, -0.2) is 21.0 Å². The highest BCUT2D eigenvalue weighted by atomic mass is 19.1. The zero-order valence-corrected chi connectivity index (χ0v) is 15.4. The first kappa shape index (κ1) is 17.0. The third-order valence-electron chi connectivity index (χ3n) is 7.17. The molecule has 0 saturated heterocycles. The maximum Gasteiger partial charge on any atom is 0.356 e. The molecular formula is C22H25FN2O2. The molecule has 4 bridgehead atoms. The van der Waals surface area contributed by atoms with Crippen LogP contribution in [0.3, 0.4) is 0 Å². The Hall–Kier alpha value is -2.17. The number of benzene rings is 1. The first-order valence-electron chi connectivity index (χ1n) is 10.1. The average molecular weight is 368 g/mol. The fourth-order valence-electron chi connectivity index (χ4n) is 6.50. The molecule has 4 saturated carbocycles. The van der Waals surface area contributed by atoms with Gasteiger partial charge in [-0.05, 0) is 98.8 Å². The molecule has 6 rings (SSSR count). The lowest BCUT2D eigenvalue weighted by Crippen LogP contribution is -2.46. The molecule has 0 unspecified atom stereocenters. The van der Waals surface area contributed by atoms with Crippen LogP contribution in [0.1, 0.15) is 61.1 Å². The van der Waals surface area contributed by atoms with E-state index in [1.807, 2.05) is 0 Å². The fourth-order valence-corrected chi connectivity index (χ4v) is 6.50. The van der Waals surface area contributed by atoms with Crippen molar-refractivity contribution in [2.75, 3.05) is 0 Å². The molecule has 0 radical (unpaired) electrons. The number of H-pyrrole nitrogens is 1. The van der Waals surface area contributed by atoms with Crippen molar-refractivity contribution in [1.82, 2.24) is 9.97 Å². The van der Waals surface area contributed by atoms with Crippen LogP contribution in [0.2, 0.25) is 0 Å².